The molecule has 1 saturated heterocycles. The second-order valence-electron chi connectivity index (χ2n) is 4.46. The quantitative estimate of drug-likeness (QED) is 0.633. The lowest BCUT2D eigenvalue weighted by Gasteiger charge is -2.22. The highest BCUT2D eigenvalue weighted by Gasteiger charge is 2.18. The smallest absolute Gasteiger partial charge is 0.322 e. The van der Waals surface area contributed by atoms with E-state index in [1.54, 1.807) is 6.92 Å². The van der Waals surface area contributed by atoms with Crippen LogP contribution in [-0.4, -0.2) is 46.4 Å². The van der Waals surface area contributed by atoms with E-state index in [4.69, 9.17) is 0 Å². The van der Waals surface area contributed by atoms with Crippen molar-refractivity contribution in [3.05, 3.63) is 0 Å². The Balaban J connectivity index is 2.22. The summed E-state index contributed by atoms with van der Waals surface area (Å²) in [6, 6.07) is 0. The third-order valence-corrected chi connectivity index (χ3v) is 4.15. The maximum atomic E-state index is 11.5. The Kier molecular flexibility index (Phi) is 6.59. The Hall–Kier alpha value is -0.660. The van der Waals surface area contributed by atoms with Gasteiger partial charge in [0.1, 0.15) is 0 Å². The zero-order valence-electron chi connectivity index (χ0n) is 10.8. The fourth-order valence-electron chi connectivity index (χ4n) is 2.00. The van der Waals surface area contributed by atoms with Crippen molar-refractivity contribution in [3.8, 4) is 0 Å². The highest BCUT2D eigenvalue weighted by molar-refractivity contribution is 7.90. The molecule has 1 rings (SSSR count). The summed E-state index contributed by atoms with van der Waals surface area (Å²) in [4.78, 5) is 11.1. The molecule has 1 atom stereocenters. The van der Waals surface area contributed by atoms with Crippen molar-refractivity contribution in [1.82, 2.24) is 10.0 Å². The minimum Gasteiger partial charge on any atom is -0.465 e. The van der Waals surface area contributed by atoms with Gasteiger partial charge >= 0.3 is 5.97 Å². The van der Waals surface area contributed by atoms with Gasteiger partial charge in [0.15, 0.2) is 5.75 Å². The molecule has 0 aliphatic carbocycles. The van der Waals surface area contributed by atoms with E-state index in [1.165, 1.54) is 0 Å². The lowest BCUT2D eigenvalue weighted by Crippen LogP contribution is -2.35. The van der Waals surface area contributed by atoms with Gasteiger partial charge in [0.25, 0.3) is 0 Å². The molecule has 1 aliphatic heterocycles. The van der Waals surface area contributed by atoms with E-state index in [1.807, 2.05) is 0 Å². The molecule has 0 bridgehead atoms. The largest absolute Gasteiger partial charge is 0.465 e. The highest BCUT2D eigenvalue weighted by Crippen LogP contribution is 2.12. The zero-order chi connectivity index (χ0) is 13.4. The minimum atomic E-state index is -3.55. The van der Waals surface area contributed by atoms with Gasteiger partial charge in [-0.25, -0.2) is 13.1 Å². The molecule has 2 N–H and O–H groups in total. The van der Waals surface area contributed by atoms with Crippen molar-refractivity contribution in [1.29, 1.82) is 0 Å². The summed E-state index contributed by atoms with van der Waals surface area (Å²) in [6.45, 7) is 4.22. The summed E-state index contributed by atoms with van der Waals surface area (Å²) < 4.78 is 30.1. The SMILES string of the molecule is CCOC(=O)CS(=O)(=O)NCCC1CCCNC1. The van der Waals surface area contributed by atoms with Crippen molar-refractivity contribution in [2.45, 2.75) is 26.2 Å². The number of carbonyl (C=O) groups is 1. The molecule has 106 valence electrons. The Morgan fingerprint density at radius 2 is 2.28 bits per heavy atom. The molecule has 0 saturated carbocycles. The number of piperidine rings is 1. The molecule has 7 heteroatoms. The van der Waals surface area contributed by atoms with Crippen LogP contribution in [0.4, 0.5) is 0 Å². The molecule has 1 unspecified atom stereocenters. The summed E-state index contributed by atoms with van der Waals surface area (Å²) in [5.41, 5.74) is 0. The van der Waals surface area contributed by atoms with Crippen LogP contribution in [0.15, 0.2) is 0 Å². The number of carbonyl (C=O) groups excluding carboxylic acids is 1. The number of rotatable bonds is 7. The van der Waals surface area contributed by atoms with E-state index >= 15 is 0 Å². The fourth-order valence-corrected chi connectivity index (χ4v) is 2.92. The van der Waals surface area contributed by atoms with Crippen molar-refractivity contribution in [2.24, 2.45) is 5.92 Å². The van der Waals surface area contributed by atoms with Crippen LogP contribution >= 0.6 is 0 Å². The Morgan fingerprint density at radius 1 is 1.50 bits per heavy atom. The van der Waals surface area contributed by atoms with Crippen LogP contribution < -0.4 is 10.0 Å². The van der Waals surface area contributed by atoms with Crippen LogP contribution in [0, 0.1) is 5.92 Å². The van der Waals surface area contributed by atoms with E-state index in [0.717, 1.165) is 32.4 Å². The van der Waals surface area contributed by atoms with Crippen LogP contribution in [0.1, 0.15) is 26.2 Å². The molecule has 0 aromatic heterocycles. The summed E-state index contributed by atoms with van der Waals surface area (Å²) in [5.74, 6) is -0.780. The lowest BCUT2D eigenvalue weighted by atomic mass is 9.96. The van der Waals surface area contributed by atoms with Crippen LogP contribution in [0.5, 0.6) is 0 Å². The first-order chi connectivity index (χ1) is 8.53. The van der Waals surface area contributed by atoms with Gasteiger partial charge in [0, 0.05) is 6.54 Å². The Labute approximate surface area is 109 Å². The predicted octanol–water partition coefficient (Wildman–Crippen LogP) is -0.141. The molecule has 0 amide bonds. The molecule has 0 radical (unpaired) electrons. The van der Waals surface area contributed by atoms with Crippen LogP contribution in [0.3, 0.4) is 0 Å². The van der Waals surface area contributed by atoms with E-state index in [2.05, 4.69) is 14.8 Å². The number of ether oxygens (including phenoxy) is 1. The average Bonchev–Trinajstić information content (AvgIpc) is 2.29. The van der Waals surface area contributed by atoms with Gasteiger partial charge in [-0.05, 0) is 45.2 Å². The molecule has 1 fully saturated rings. The topological polar surface area (TPSA) is 84.5 Å². The van der Waals surface area contributed by atoms with Gasteiger partial charge in [0.05, 0.1) is 6.61 Å². The van der Waals surface area contributed by atoms with Crippen molar-refractivity contribution in [3.63, 3.8) is 0 Å². The fraction of sp³-hybridized carbons (Fsp3) is 0.909. The molecule has 1 aliphatic rings. The second kappa shape index (κ2) is 7.70. The standard InChI is InChI=1S/C11H22N2O4S/c1-2-17-11(14)9-18(15,16)13-7-5-10-4-3-6-12-8-10/h10,12-13H,2-9H2,1H3. The molecule has 0 spiro atoms. The van der Waals surface area contributed by atoms with Crippen LogP contribution in [0.2, 0.25) is 0 Å². The maximum Gasteiger partial charge on any atom is 0.322 e. The molecular weight excluding hydrogens is 256 g/mol. The normalized spacial score (nSPS) is 20.6. The number of sulfonamides is 1. The predicted molar refractivity (Wildman–Crippen MR) is 68.6 cm³/mol. The monoisotopic (exact) mass is 278 g/mol. The van der Waals surface area contributed by atoms with Gasteiger partial charge in [-0.3, -0.25) is 4.79 Å². The first-order valence-electron chi connectivity index (χ1n) is 6.37. The summed E-state index contributed by atoms with van der Waals surface area (Å²) in [6.07, 6.45) is 3.07. The van der Waals surface area contributed by atoms with E-state index in [-0.39, 0.29) is 6.61 Å². The lowest BCUT2D eigenvalue weighted by molar-refractivity contribution is -0.139. The molecule has 18 heavy (non-hydrogen) atoms. The molecular formula is C11H22N2O4S. The molecule has 0 aromatic carbocycles. The Morgan fingerprint density at radius 3 is 2.89 bits per heavy atom. The van der Waals surface area contributed by atoms with Gasteiger partial charge in [-0.2, -0.15) is 0 Å². The molecule has 1 heterocycles. The number of nitrogens with one attached hydrogen (secondary N) is 2. The van der Waals surface area contributed by atoms with Gasteiger partial charge < -0.3 is 10.1 Å². The zero-order valence-corrected chi connectivity index (χ0v) is 11.6. The average molecular weight is 278 g/mol. The van der Waals surface area contributed by atoms with Crippen molar-refractivity contribution >= 4 is 16.0 Å². The third kappa shape index (κ3) is 6.32. The van der Waals surface area contributed by atoms with E-state index in [9.17, 15) is 13.2 Å². The molecule has 6 nitrogen and oxygen atoms in total. The van der Waals surface area contributed by atoms with Crippen molar-refractivity contribution < 1.29 is 17.9 Å². The summed E-state index contributed by atoms with van der Waals surface area (Å²) in [5, 5.41) is 3.28. The Bertz CT molecular complexity index is 350. The minimum absolute atomic E-state index is 0.197. The third-order valence-electron chi connectivity index (χ3n) is 2.89. The van der Waals surface area contributed by atoms with Gasteiger partial charge in [0.2, 0.25) is 10.0 Å². The van der Waals surface area contributed by atoms with E-state index in [0.29, 0.717) is 12.5 Å². The number of esters is 1. The summed E-state index contributed by atoms with van der Waals surface area (Å²) in [7, 11) is -3.55. The van der Waals surface area contributed by atoms with E-state index < -0.39 is 21.7 Å². The highest BCUT2D eigenvalue weighted by atomic mass is 32.2. The number of hydrogen-bond donors (Lipinski definition) is 2. The van der Waals surface area contributed by atoms with Gasteiger partial charge in [-0.15, -0.1) is 0 Å². The van der Waals surface area contributed by atoms with Crippen LogP contribution in [0.25, 0.3) is 0 Å². The van der Waals surface area contributed by atoms with Gasteiger partial charge in [-0.1, -0.05) is 0 Å². The first-order valence-corrected chi connectivity index (χ1v) is 8.02. The second-order valence-corrected chi connectivity index (χ2v) is 6.27. The number of hydrogen-bond acceptors (Lipinski definition) is 5. The molecule has 0 aromatic rings. The maximum absolute atomic E-state index is 11.5. The first kappa shape index (κ1) is 15.4. The van der Waals surface area contributed by atoms with Crippen LogP contribution in [-0.2, 0) is 19.6 Å². The van der Waals surface area contributed by atoms with Crippen molar-refractivity contribution in [2.75, 3.05) is 32.0 Å². The summed E-state index contributed by atoms with van der Waals surface area (Å²) >= 11 is 0.